The summed E-state index contributed by atoms with van der Waals surface area (Å²) in [6.07, 6.45) is 6.36. The van der Waals surface area contributed by atoms with E-state index in [0.29, 0.717) is 24.1 Å². The fourth-order valence-electron chi connectivity index (χ4n) is 3.91. The van der Waals surface area contributed by atoms with Crippen LogP contribution in [0.1, 0.15) is 52.2 Å². The highest BCUT2D eigenvalue weighted by atomic mass is 35.5. The summed E-state index contributed by atoms with van der Waals surface area (Å²) in [5.41, 5.74) is 3.53. The molecule has 2 aromatic heterocycles. The molecule has 32 heavy (non-hydrogen) atoms. The maximum atomic E-state index is 9.38. The smallest absolute Gasteiger partial charge is 0.222 e. The fourth-order valence-corrected chi connectivity index (χ4v) is 4.01. The van der Waals surface area contributed by atoms with Crippen molar-refractivity contribution in [2.45, 2.75) is 53.6 Å². The minimum atomic E-state index is 0.266. The Balaban J connectivity index is 0.000000860. The lowest BCUT2D eigenvalue weighted by Crippen LogP contribution is -2.48. The molecular formula is C25H33ClN6. The summed E-state index contributed by atoms with van der Waals surface area (Å²) in [6, 6.07) is 10.5. The first-order chi connectivity index (χ1) is 15.6. The molecule has 2 unspecified atom stereocenters. The number of halogens is 1. The normalized spacial score (nSPS) is 17.5. The predicted octanol–water partition coefficient (Wildman–Crippen LogP) is 5.61. The number of benzene rings is 1. The maximum absolute atomic E-state index is 9.38. The second kappa shape index (κ2) is 12.9. The molecule has 0 radical (unpaired) electrons. The molecule has 4 rings (SSSR count). The lowest BCUT2D eigenvalue weighted by molar-refractivity contribution is 0.350. The van der Waals surface area contributed by atoms with Gasteiger partial charge in [-0.15, -0.1) is 0 Å². The molecule has 1 N–H and O–H groups in total. The highest BCUT2D eigenvalue weighted by molar-refractivity contribution is 6.28. The molecule has 7 heteroatoms. The average molecular weight is 453 g/mol. The Bertz CT molecular complexity index is 1020. The molecule has 3 aromatic rings. The van der Waals surface area contributed by atoms with Gasteiger partial charge in [-0.05, 0) is 48.2 Å². The van der Waals surface area contributed by atoms with Crippen LogP contribution in [0.2, 0.25) is 5.28 Å². The Kier molecular flexibility index (Phi) is 10.3. The fraction of sp³-hybridized carbons (Fsp3) is 0.440. The van der Waals surface area contributed by atoms with Crippen LogP contribution < -0.4 is 10.2 Å². The van der Waals surface area contributed by atoms with Crippen LogP contribution in [0.4, 0.5) is 5.69 Å². The van der Waals surface area contributed by atoms with Crippen LogP contribution in [0.3, 0.4) is 0 Å². The van der Waals surface area contributed by atoms with Crippen molar-refractivity contribution in [2.24, 2.45) is 5.92 Å². The van der Waals surface area contributed by atoms with Crippen molar-refractivity contribution in [2.75, 3.05) is 18.0 Å². The van der Waals surface area contributed by atoms with Gasteiger partial charge < -0.3 is 10.2 Å². The number of hydrogen-bond acceptors (Lipinski definition) is 6. The summed E-state index contributed by atoms with van der Waals surface area (Å²) in [5.74, 6) is 0.551. The molecule has 6 nitrogen and oxygen atoms in total. The van der Waals surface area contributed by atoms with E-state index in [1.165, 1.54) is 0 Å². The van der Waals surface area contributed by atoms with E-state index in [9.17, 15) is 5.26 Å². The van der Waals surface area contributed by atoms with Gasteiger partial charge in [-0.1, -0.05) is 34.6 Å². The van der Waals surface area contributed by atoms with Crippen molar-refractivity contribution >= 4 is 28.2 Å². The minimum absolute atomic E-state index is 0.266. The van der Waals surface area contributed by atoms with Gasteiger partial charge in [-0.3, -0.25) is 4.98 Å². The number of piperidine rings is 1. The molecule has 1 fully saturated rings. The summed E-state index contributed by atoms with van der Waals surface area (Å²) < 4.78 is 0. The van der Waals surface area contributed by atoms with Crippen LogP contribution >= 0.6 is 11.6 Å². The molecule has 0 bridgehead atoms. The molecule has 0 spiro atoms. The van der Waals surface area contributed by atoms with Gasteiger partial charge in [0.1, 0.15) is 6.07 Å². The number of pyridine rings is 1. The summed E-state index contributed by atoms with van der Waals surface area (Å²) in [4.78, 5) is 14.9. The molecule has 1 saturated heterocycles. The van der Waals surface area contributed by atoms with Gasteiger partial charge in [-0.2, -0.15) is 5.26 Å². The zero-order valence-electron chi connectivity index (χ0n) is 19.6. The van der Waals surface area contributed by atoms with Gasteiger partial charge in [0.05, 0.1) is 11.1 Å². The second-order valence-corrected chi connectivity index (χ2v) is 7.67. The van der Waals surface area contributed by atoms with Crippen molar-refractivity contribution in [3.05, 3.63) is 59.3 Å². The van der Waals surface area contributed by atoms with E-state index in [1.807, 2.05) is 52.0 Å². The van der Waals surface area contributed by atoms with Gasteiger partial charge in [0.2, 0.25) is 5.28 Å². The van der Waals surface area contributed by atoms with Crippen LogP contribution in [0.25, 0.3) is 10.9 Å². The number of nitrogens with one attached hydrogen (secondary N) is 1. The van der Waals surface area contributed by atoms with Gasteiger partial charge in [0.25, 0.3) is 0 Å². The lowest BCUT2D eigenvalue weighted by Gasteiger charge is -2.39. The topological polar surface area (TPSA) is 77.7 Å². The van der Waals surface area contributed by atoms with Crippen LogP contribution in [-0.2, 0) is 6.54 Å². The Labute approximate surface area is 196 Å². The number of hydrogen-bond donors (Lipinski definition) is 1. The van der Waals surface area contributed by atoms with Gasteiger partial charge >= 0.3 is 0 Å². The van der Waals surface area contributed by atoms with E-state index in [1.54, 1.807) is 18.6 Å². The molecule has 2 atom stereocenters. The van der Waals surface area contributed by atoms with Gasteiger partial charge in [0.15, 0.2) is 0 Å². The molecule has 1 aliphatic rings. The summed E-state index contributed by atoms with van der Waals surface area (Å²) in [7, 11) is 0. The molecule has 0 aliphatic carbocycles. The van der Waals surface area contributed by atoms with Crippen molar-refractivity contribution in [3.8, 4) is 6.07 Å². The minimum Gasteiger partial charge on any atom is -0.369 e. The Morgan fingerprint density at radius 1 is 1.09 bits per heavy atom. The molecule has 0 amide bonds. The van der Waals surface area contributed by atoms with Crippen LogP contribution in [0.5, 0.6) is 0 Å². The SMILES string of the molecule is CC.CC.CC1CC(NCc2cnc(Cl)nc2)CN(c2ccc(C#N)c3ncccc23)C1. The standard InChI is InChI=1S/C21H21ClN6.2C2H6/c1-14-7-17(25-9-15-10-26-21(22)27-11-15)13-28(12-14)19-5-4-16(8-23)20-18(19)3-2-6-24-20;2*1-2/h2-6,10-11,14,17,25H,7,9,12-13H2,1H3;2*1-2H3. The first kappa shape index (κ1) is 25.5. The van der Waals surface area contributed by atoms with E-state index in [-0.39, 0.29) is 5.28 Å². The lowest BCUT2D eigenvalue weighted by atomic mass is 9.94. The first-order valence-electron chi connectivity index (χ1n) is 11.4. The third-order valence-electron chi connectivity index (χ3n) is 5.14. The molecule has 3 heterocycles. The maximum Gasteiger partial charge on any atom is 0.222 e. The molecule has 0 saturated carbocycles. The summed E-state index contributed by atoms with van der Waals surface area (Å²) >= 11 is 5.76. The Hall–Kier alpha value is -2.75. The monoisotopic (exact) mass is 452 g/mol. The van der Waals surface area contributed by atoms with Gasteiger partial charge in [-0.25, -0.2) is 9.97 Å². The zero-order chi connectivity index (χ0) is 23.5. The van der Waals surface area contributed by atoms with E-state index >= 15 is 0 Å². The second-order valence-electron chi connectivity index (χ2n) is 7.33. The number of rotatable bonds is 4. The average Bonchev–Trinajstić information content (AvgIpc) is 2.85. The quantitative estimate of drug-likeness (QED) is 0.518. The first-order valence-corrected chi connectivity index (χ1v) is 11.7. The van der Waals surface area contributed by atoms with Crippen LogP contribution in [0.15, 0.2) is 42.9 Å². The van der Waals surface area contributed by atoms with E-state index in [4.69, 9.17) is 11.6 Å². The van der Waals surface area contributed by atoms with Crippen molar-refractivity contribution in [1.82, 2.24) is 20.3 Å². The Morgan fingerprint density at radius 2 is 1.81 bits per heavy atom. The third kappa shape index (κ3) is 6.38. The molecule has 1 aromatic carbocycles. The molecule has 170 valence electrons. The zero-order valence-corrected chi connectivity index (χ0v) is 20.4. The third-order valence-corrected chi connectivity index (χ3v) is 5.33. The van der Waals surface area contributed by atoms with E-state index < -0.39 is 0 Å². The summed E-state index contributed by atoms with van der Waals surface area (Å²) in [6.45, 7) is 12.9. The van der Waals surface area contributed by atoms with E-state index in [2.05, 4.69) is 38.2 Å². The number of aromatic nitrogens is 3. The largest absolute Gasteiger partial charge is 0.369 e. The van der Waals surface area contributed by atoms with Crippen molar-refractivity contribution < 1.29 is 0 Å². The Morgan fingerprint density at radius 3 is 2.50 bits per heavy atom. The van der Waals surface area contributed by atoms with Crippen molar-refractivity contribution in [1.29, 1.82) is 5.26 Å². The van der Waals surface area contributed by atoms with Crippen LogP contribution in [0, 0.1) is 17.2 Å². The predicted molar refractivity (Wildman–Crippen MR) is 133 cm³/mol. The van der Waals surface area contributed by atoms with Crippen molar-refractivity contribution in [3.63, 3.8) is 0 Å². The summed E-state index contributed by atoms with van der Waals surface area (Å²) in [5, 5.41) is 14.3. The van der Waals surface area contributed by atoms with Crippen LogP contribution in [-0.4, -0.2) is 34.1 Å². The highest BCUT2D eigenvalue weighted by Gasteiger charge is 2.26. The van der Waals surface area contributed by atoms with Gasteiger partial charge in [0, 0.05) is 60.9 Å². The number of nitrogens with zero attached hydrogens (tertiary/aromatic N) is 5. The molecular weight excluding hydrogens is 420 g/mol. The highest BCUT2D eigenvalue weighted by Crippen LogP contribution is 2.31. The number of fused-ring (bicyclic) bond motifs is 1. The van der Waals surface area contributed by atoms with E-state index in [0.717, 1.165) is 41.7 Å². The number of nitriles is 1. The number of anilines is 1. The molecule has 1 aliphatic heterocycles.